The van der Waals surface area contributed by atoms with E-state index in [1.807, 2.05) is 4.90 Å². The van der Waals surface area contributed by atoms with Gasteiger partial charge in [-0.25, -0.2) is 9.79 Å². The predicted octanol–water partition coefficient (Wildman–Crippen LogP) is 1.59. The number of ether oxygens (including phenoxy) is 2. The number of methoxy groups -OCH3 is 2. The Labute approximate surface area is 146 Å². The minimum absolute atomic E-state index is 0.203. The number of carbonyl (C=O) groups excluding carboxylic acids is 1. The van der Waals surface area contributed by atoms with Crippen molar-refractivity contribution in [2.24, 2.45) is 21.5 Å². The van der Waals surface area contributed by atoms with Crippen LogP contribution >= 0.6 is 0 Å². The minimum Gasteiger partial charge on any atom is -0.496 e. The van der Waals surface area contributed by atoms with E-state index in [9.17, 15) is 4.79 Å². The topological polar surface area (TPSA) is 116 Å². The number of nitrogens with two attached hydrogens (primary N) is 2. The van der Waals surface area contributed by atoms with Gasteiger partial charge in [0.25, 0.3) is 0 Å². The summed E-state index contributed by atoms with van der Waals surface area (Å²) in [5.41, 5.74) is 12.7. The second-order valence-corrected chi connectivity index (χ2v) is 6.19. The van der Waals surface area contributed by atoms with Crippen LogP contribution in [0.2, 0.25) is 0 Å². The van der Waals surface area contributed by atoms with Crippen LogP contribution in [0.5, 0.6) is 5.75 Å². The highest BCUT2D eigenvalue weighted by Gasteiger charge is 2.42. The van der Waals surface area contributed by atoms with Gasteiger partial charge in [0, 0.05) is 11.8 Å². The molecule has 0 atom stereocenters. The summed E-state index contributed by atoms with van der Waals surface area (Å²) in [4.78, 5) is 22.5. The van der Waals surface area contributed by atoms with Crippen molar-refractivity contribution in [1.29, 1.82) is 0 Å². The van der Waals surface area contributed by atoms with Gasteiger partial charge < -0.3 is 20.9 Å². The van der Waals surface area contributed by atoms with E-state index in [2.05, 4.69) is 9.98 Å². The number of nitrogens with zero attached hydrogens (tertiary/aromatic N) is 3. The predicted molar refractivity (Wildman–Crippen MR) is 95.9 cm³/mol. The minimum atomic E-state index is -0.536. The molecule has 1 aromatic carbocycles. The number of anilines is 1. The zero-order chi connectivity index (χ0) is 18.0. The highest BCUT2D eigenvalue weighted by molar-refractivity contribution is 6.06. The summed E-state index contributed by atoms with van der Waals surface area (Å²) in [6.07, 6.45) is 4.92. The molecule has 25 heavy (non-hydrogen) atoms. The molecular formula is C17H23N5O3. The normalized spacial score (nSPS) is 19.2. The van der Waals surface area contributed by atoms with Crippen molar-refractivity contribution in [3.63, 3.8) is 0 Å². The van der Waals surface area contributed by atoms with Gasteiger partial charge in [-0.1, -0.05) is 6.42 Å². The summed E-state index contributed by atoms with van der Waals surface area (Å²) in [5.74, 6) is 0.444. The van der Waals surface area contributed by atoms with E-state index < -0.39 is 11.6 Å². The second kappa shape index (κ2) is 6.62. The molecule has 1 fully saturated rings. The van der Waals surface area contributed by atoms with Crippen molar-refractivity contribution in [1.82, 2.24) is 0 Å². The Hall–Kier alpha value is -2.77. The van der Waals surface area contributed by atoms with Crippen LogP contribution in [0.1, 0.15) is 42.5 Å². The van der Waals surface area contributed by atoms with Crippen molar-refractivity contribution >= 4 is 23.6 Å². The van der Waals surface area contributed by atoms with Crippen molar-refractivity contribution < 1.29 is 14.3 Å². The molecule has 1 spiro atoms. The van der Waals surface area contributed by atoms with E-state index in [4.69, 9.17) is 20.9 Å². The highest BCUT2D eigenvalue weighted by atomic mass is 16.5. The van der Waals surface area contributed by atoms with Crippen LogP contribution in [0.25, 0.3) is 0 Å². The molecule has 0 bridgehead atoms. The number of benzene rings is 1. The summed E-state index contributed by atoms with van der Waals surface area (Å²) in [7, 11) is 2.84. The van der Waals surface area contributed by atoms with Crippen molar-refractivity contribution in [3.8, 4) is 5.75 Å². The number of carbonyl (C=O) groups is 1. The van der Waals surface area contributed by atoms with Crippen LogP contribution in [0.4, 0.5) is 5.69 Å². The molecule has 1 aromatic rings. The number of hydrogen-bond donors (Lipinski definition) is 2. The Morgan fingerprint density at radius 2 is 1.92 bits per heavy atom. The SMILES string of the molecule is COC(=O)c1ccc(N2C(N)=NC(N)=NC23CCCCC3)cc1OC. The van der Waals surface area contributed by atoms with Gasteiger partial charge >= 0.3 is 5.97 Å². The third kappa shape index (κ3) is 2.99. The molecule has 134 valence electrons. The smallest absolute Gasteiger partial charge is 0.341 e. The lowest BCUT2D eigenvalue weighted by atomic mass is 9.87. The molecule has 2 aliphatic rings. The monoisotopic (exact) mass is 345 g/mol. The maximum atomic E-state index is 11.9. The number of hydrogen-bond acceptors (Lipinski definition) is 8. The summed E-state index contributed by atoms with van der Waals surface area (Å²) in [6.45, 7) is 0. The lowest BCUT2D eigenvalue weighted by molar-refractivity contribution is 0.0597. The van der Waals surface area contributed by atoms with E-state index >= 15 is 0 Å². The lowest BCUT2D eigenvalue weighted by Gasteiger charge is -2.45. The molecule has 0 unspecified atom stereocenters. The van der Waals surface area contributed by atoms with Crippen LogP contribution in [-0.2, 0) is 4.74 Å². The second-order valence-electron chi connectivity index (χ2n) is 6.19. The largest absolute Gasteiger partial charge is 0.496 e. The average Bonchev–Trinajstić information content (AvgIpc) is 2.60. The van der Waals surface area contributed by atoms with Crippen LogP contribution in [-0.4, -0.2) is 37.8 Å². The Morgan fingerprint density at radius 3 is 2.56 bits per heavy atom. The van der Waals surface area contributed by atoms with Crippen LogP contribution < -0.4 is 21.1 Å². The van der Waals surface area contributed by atoms with Gasteiger partial charge in [-0.2, -0.15) is 4.99 Å². The quantitative estimate of drug-likeness (QED) is 0.804. The first-order valence-electron chi connectivity index (χ1n) is 8.27. The van der Waals surface area contributed by atoms with Gasteiger partial charge in [-0.05, 0) is 37.8 Å². The van der Waals surface area contributed by atoms with Gasteiger partial charge in [-0.15, -0.1) is 0 Å². The summed E-state index contributed by atoms with van der Waals surface area (Å²) < 4.78 is 10.2. The Kier molecular flexibility index (Phi) is 4.52. The number of esters is 1. The van der Waals surface area contributed by atoms with E-state index in [1.54, 1.807) is 18.2 Å². The van der Waals surface area contributed by atoms with Gasteiger partial charge in [0.2, 0.25) is 11.9 Å². The summed E-state index contributed by atoms with van der Waals surface area (Å²) >= 11 is 0. The lowest BCUT2D eigenvalue weighted by Crippen LogP contribution is -2.58. The molecule has 1 heterocycles. The Morgan fingerprint density at radius 1 is 1.20 bits per heavy atom. The van der Waals surface area contributed by atoms with E-state index in [-0.39, 0.29) is 5.96 Å². The summed E-state index contributed by atoms with van der Waals surface area (Å²) in [6, 6.07) is 5.21. The third-order valence-electron chi connectivity index (χ3n) is 4.70. The molecule has 0 aromatic heterocycles. The molecule has 0 amide bonds. The Balaban J connectivity index is 2.06. The van der Waals surface area contributed by atoms with Crippen molar-refractivity contribution in [2.75, 3.05) is 19.1 Å². The number of aliphatic imine (C=N–C) groups is 2. The molecule has 8 heteroatoms. The average molecular weight is 345 g/mol. The molecule has 0 saturated heterocycles. The van der Waals surface area contributed by atoms with Gasteiger partial charge in [0.15, 0.2) is 0 Å². The molecule has 3 rings (SSSR count). The number of guanidine groups is 2. The highest BCUT2D eigenvalue weighted by Crippen LogP contribution is 2.40. The number of rotatable bonds is 3. The van der Waals surface area contributed by atoms with E-state index in [1.165, 1.54) is 14.2 Å². The fourth-order valence-electron chi connectivity index (χ4n) is 3.59. The first-order chi connectivity index (χ1) is 12.0. The molecule has 0 radical (unpaired) electrons. The van der Waals surface area contributed by atoms with Crippen LogP contribution in [0.15, 0.2) is 28.2 Å². The third-order valence-corrected chi connectivity index (χ3v) is 4.70. The molecule has 8 nitrogen and oxygen atoms in total. The zero-order valence-corrected chi connectivity index (χ0v) is 14.5. The maximum Gasteiger partial charge on any atom is 0.341 e. The molecule has 1 saturated carbocycles. The van der Waals surface area contributed by atoms with E-state index in [0.717, 1.165) is 37.8 Å². The maximum absolute atomic E-state index is 11.9. The Bertz CT molecular complexity index is 738. The standard InChI is InChI=1S/C17H23N5O3/c1-24-13-10-11(6-7-12(13)14(23)25-2)22-16(19)20-15(18)21-17(22)8-4-3-5-9-17/h6-7,10H,3-5,8-9H2,1-2H3,(H4,18,19,20,21). The molecule has 4 N–H and O–H groups in total. The van der Waals surface area contributed by atoms with Crippen molar-refractivity contribution in [3.05, 3.63) is 23.8 Å². The van der Waals surface area contributed by atoms with E-state index in [0.29, 0.717) is 17.3 Å². The first-order valence-corrected chi connectivity index (χ1v) is 8.27. The zero-order valence-electron chi connectivity index (χ0n) is 14.5. The van der Waals surface area contributed by atoms with Gasteiger partial charge in [0.1, 0.15) is 17.0 Å². The van der Waals surface area contributed by atoms with Crippen molar-refractivity contribution in [2.45, 2.75) is 37.8 Å². The molecule has 1 aliphatic carbocycles. The first kappa shape index (κ1) is 17.1. The fourth-order valence-corrected chi connectivity index (χ4v) is 3.59. The molecular weight excluding hydrogens is 322 g/mol. The molecule has 1 aliphatic heterocycles. The van der Waals surface area contributed by atoms with Gasteiger partial charge in [0.05, 0.1) is 14.2 Å². The van der Waals surface area contributed by atoms with Gasteiger partial charge in [-0.3, -0.25) is 4.90 Å². The fraction of sp³-hybridized carbons (Fsp3) is 0.471. The summed E-state index contributed by atoms with van der Waals surface area (Å²) in [5, 5.41) is 0. The van der Waals surface area contributed by atoms with Crippen LogP contribution in [0, 0.1) is 0 Å². The van der Waals surface area contributed by atoms with Crippen LogP contribution in [0.3, 0.4) is 0 Å².